The fourth-order valence-corrected chi connectivity index (χ4v) is 5.83. The van der Waals surface area contributed by atoms with Crippen molar-refractivity contribution in [2.75, 3.05) is 13.1 Å². The highest BCUT2D eigenvalue weighted by Gasteiger charge is 2.33. The summed E-state index contributed by atoms with van der Waals surface area (Å²) in [4.78, 5) is 22.9. The number of thiophene rings is 1. The third kappa shape index (κ3) is 2.91. The highest BCUT2D eigenvalue weighted by molar-refractivity contribution is 7.17. The van der Waals surface area contributed by atoms with Crippen LogP contribution in [0.1, 0.15) is 37.9 Å². The zero-order valence-corrected chi connectivity index (χ0v) is 15.6. The second kappa shape index (κ2) is 6.67. The first-order valence-corrected chi connectivity index (χ1v) is 10.5. The summed E-state index contributed by atoms with van der Waals surface area (Å²) in [6.07, 6.45) is 8.57. The highest BCUT2D eigenvalue weighted by Crippen LogP contribution is 2.33. The summed E-state index contributed by atoms with van der Waals surface area (Å²) in [5.74, 6) is 3.35. The molecule has 3 atom stereocenters. The molecule has 3 aromatic heterocycles. The van der Waals surface area contributed by atoms with E-state index in [4.69, 9.17) is 9.40 Å². The number of H-pyrrole nitrogens is 1. The van der Waals surface area contributed by atoms with Crippen molar-refractivity contribution in [2.24, 2.45) is 11.8 Å². The molecular formula is C20H24N3O2S+. The largest absolute Gasteiger partial charge is 0.464 e. The van der Waals surface area contributed by atoms with Gasteiger partial charge in [-0.2, -0.15) is 0 Å². The lowest BCUT2D eigenvalue weighted by molar-refractivity contribution is -0.924. The zero-order chi connectivity index (χ0) is 17.5. The number of furan rings is 1. The summed E-state index contributed by atoms with van der Waals surface area (Å²) in [7, 11) is 0. The number of piperidine rings is 1. The van der Waals surface area contributed by atoms with Crippen molar-refractivity contribution in [1.29, 1.82) is 0 Å². The molecule has 0 bridgehead atoms. The molecule has 1 aliphatic heterocycles. The van der Waals surface area contributed by atoms with Crippen LogP contribution in [0.15, 0.2) is 33.0 Å². The standard InChI is InChI=1S/C20H23N3O2S/c24-19-18-15(16-6-3-9-25-16)12-26-20(18)22-17(21-19)11-23-8-7-13-4-1-2-5-14(13)10-23/h3,6,9,12-14H,1-2,4-5,7-8,10-11H2,(H,21,22,24)/p+1/t13-,14-/m1/s1. The number of hydrogen-bond donors (Lipinski definition) is 2. The monoisotopic (exact) mass is 370 g/mol. The Labute approximate surface area is 156 Å². The number of nitrogens with zero attached hydrogens (tertiary/aromatic N) is 1. The molecule has 2 fully saturated rings. The van der Waals surface area contributed by atoms with E-state index in [1.165, 1.54) is 56.5 Å². The summed E-state index contributed by atoms with van der Waals surface area (Å²) in [6.45, 7) is 3.25. The normalized spacial score (nSPS) is 26.1. The first kappa shape index (κ1) is 16.3. The number of rotatable bonds is 3. The van der Waals surface area contributed by atoms with Gasteiger partial charge in [0, 0.05) is 16.9 Å². The molecule has 4 heterocycles. The molecule has 2 N–H and O–H groups in total. The number of hydrogen-bond acceptors (Lipinski definition) is 4. The number of fused-ring (bicyclic) bond motifs is 2. The van der Waals surface area contributed by atoms with Crippen LogP contribution in [0.5, 0.6) is 0 Å². The summed E-state index contributed by atoms with van der Waals surface area (Å²) in [6, 6.07) is 3.72. The fraction of sp³-hybridized carbons (Fsp3) is 0.500. The van der Waals surface area contributed by atoms with Gasteiger partial charge in [-0.05, 0) is 37.3 Å². The van der Waals surface area contributed by atoms with E-state index in [0.717, 1.165) is 40.4 Å². The first-order chi connectivity index (χ1) is 12.8. The van der Waals surface area contributed by atoms with Gasteiger partial charge in [-0.1, -0.05) is 12.8 Å². The third-order valence-corrected chi connectivity index (χ3v) is 7.06. The number of aromatic nitrogens is 2. The van der Waals surface area contributed by atoms with Gasteiger partial charge >= 0.3 is 0 Å². The Morgan fingerprint density at radius 3 is 3.00 bits per heavy atom. The predicted molar refractivity (Wildman–Crippen MR) is 102 cm³/mol. The van der Waals surface area contributed by atoms with Crippen molar-refractivity contribution in [3.05, 3.63) is 40.0 Å². The average Bonchev–Trinajstić information content (AvgIpc) is 3.31. The van der Waals surface area contributed by atoms with E-state index in [1.54, 1.807) is 11.2 Å². The minimum Gasteiger partial charge on any atom is -0.464 e. The van der Waals surface area contributed by atoms with Crippen LogP contribution in [-0.2, 0) is 6.54 Å². The second-order valence-corrected chi connectivity index (χ2v) is 8.65. The van der Waals surface area contributed by atoms with Crippen molar-refractivity contribution in [1.82, 2.24) is 9.97 Å². The molecule has 5 nitrogen and oxygen atoms in total. The van der Waals surface area contributed by atoms with Gasteiger partial charge in [0.05, 0.1) is 24.7 Å². The fourth-order valence-electron chi connectivity index (χ4n) is 4.88. The Kier molecular flexibility index (Phi) is 4.17. The molecule has 2 aliphatic rings. The van der Waals surface area contributed by atoms with Gasteiger partial charge in [-0.3, -0.25) is 4.79 Å². The molecule has 26 heavy (non-hydrogen) atoms. The highest BCUT2D eigenvalue weighted by atomic mass is 32.1. The van der Waals surface area contributed by atoms with Crippen LogP contribution < -0.4 is 10.5 Å². The van der Waals surface area contributed by atoms with E-state index in [-0.39, 0.29) is 5.56 Å². The summed E-state index contributed by atoms with van der Waals surface area (Å²) in [5.41, 5.74) is 0.787. The summed E-state index contributed by atoms with van der Waals surface area (Å²) in [5, 5.41) is 2.62. The molecule has 1 aliphatic carbocycles. The third-order valence-electron chi connectivity index (χ3n) is 6.18. The lowest BCUT2D eigenvalue weighted by atomic mass is 9.75. The average molecular weight is 370 g/mol. The van der Waals surface area contributed by atoms with E-state index in [9.17, 15) is 4.79 Å². The van der Waals surface area contributed by atoms with E-state index in [1.807, 2.05) is 17.5 Å². The van der Waals surface area contributed by atoms with Crippen molar-refractivity contribution in [2.45, 2.75) is 38.6 Å². The number of aromatic amines is 1. The minimum absolute atomic E-state index is 0.0513. The Balaban J connectivity index is 1.39. The summed E-state index contributed by atoms with van der Waals surface area (Å²) < 4.78 is 5.47. The zero-order valence-electron chi connectivity index (χ0n) is 14.8. The molecule has 136 valence electrons. The van der Waals surface area contributed by atoms with E-state index < -0.39 is 0 Å². The van der Waals surface area contributed by atoms with E-state index >= 15 is 0 Å². The van der Waals surface area contributed by atoms with Crippen LogP contribution >= 0.6 is 11.3 Å². The van der Waals surface area contributed by atoms with E-state index in [0.29, 0.717) is 5.39 Å². The Morgan fingerprint density at radius 2 is 2.15 bits per heavy atom. The van der Waals surface area contributed by atoms with Crippen molar-refractivity contribution in [3.63, 3.8) is 0 Å². The second-order valence-electron chi connectivity index (χ2n) is 7.79. The molecule has 0 spiro atoms. The molecule has 0 amide bonds. The van der Waals surface area contributed by atoms with E-state index in [2.05, 4.69) is 4.98 Å². The summed E-state index contributed by atoms with van der Waals surface area (Å²) >= 11 is 1.52. The van der Waals surface area contributed by atoms with Crippen LogP contribution in [0, 0.1) is 11.8 Å². The van der Waals surface area contributed by atoms with Crippen LogP contribution in [-0.4, -0.2) is 23.1 Å². The van der Waals surface area contributed by atoms with Gasteiger partial charge in [0.15, 0.2) is 5.82 Å². The van der Waals surface area contributed by atoms with Gasteiger partial charge < -0.3 is 14.3 Å². The molecular weight excluding hydrogens is 346 g/mol. The van der Waals surface area contributed by atoms with Crippen LogP contribution in [0.2, 0.25) is 0 Å². The quantitative estimate of drug-likeness (QED) is 0.745. The molecule has 0 radical (unpaired) electrons. The van der Waals surface area contributed by atoms with Gasteiger partial charge in [0.25, 0.3) is 5.56 Å². The Hall–Kier alpha value is -1.92. The van der Waals surface area contributed by atoms with Crippen molar-refractivity contribution in [3.8, 4) is 11.3 Å². The van der Waals surface area contributed by atoms with Crippen molar-refractivity contribution < 1.29 is 9.32 Å². The molecule has 6 heteroatoms. The minimum atomic E-state index is -0.0513. The molecule has 5 rings (SSSR count). The Bertz CT molecular complexity index is 959. The van der Waals surface area contributed by atoms with Crippen LogP contribution in [0.4, 0.5) is 0 Å². The Morgan fingerprint density at radius 1 is 1.27 bits per heavy atom. The van der Waals surface area contributed by atoms with Gasteiger partial charge in [-0.15, -0.1) is 11.3 Å². The molecule has 3 aromatic rings. The van der Waals surface area contributed by atoms with Gasteiger partial charge in [-0.25, -0.2) is 4.98 Å². The number of likely N-dealkylation sites (tertiary alicyclic amines) is 1. The first-order valence-electron chi connectivity index (χ1n) is 9.66. The van der Waals surface area contributed by atoms with Gasteiger partial charge in [0.2, 0.25) is 0 Å². The number of quaternary nitrogens is 1. The molecule has 1 unspecified atom stereocenters. The topological polar surface area (TPSA) is 63.3 Å². The van der Waals surface area contributed by atoms with Crippen LogP contribution in [0.25, 0.3) is 21.5 Å². The maximum absolute atomic E-state index is 12.7. The molecule has 0 aromatic carbocycles. The molecule has 1 saturated heterocycles. The lowest BCUT2D eigenvalue weighted by Crippen LogP contribution is -3.12. The maximum atomic E-state index is 12.7. The maximum Gasteiger partial charge on any atom is 0.260 e. The van der Waals surface area contributed by atoms with Crippen LogP contribution in [0.3, 0.4) is 0 Å². The smallest absolute Gasteiger partial charge is 0.260 e. The van der Waals surface area contributed by atoms with Gasteiger partial charge in [0.1, 0.15) is 17.1 Å². The van der Waals surface area contributed by atoms with Crippen molar-refractivity contribution >= 4 is 21.6 Å². The number of nitrogens with one attached hydrogen (secondary N) is 2. The SMILES string of the molecule is O=c1[nH]c(C[NH+]2CC[C@H]3CCCC[C@@H]3C2)nc2scc(-c3ccco3)c12. The lowest BCUT2D eigenvalue weighted by Gasteiger charge is -2.38. The predicted octanol–water partition coefficient (Wildman–Crippen LogP) is 2.84. The molecule has 1 saturated carbocycles.